The first-order chi connectivity index (χ1) is 13.3. The fraction of sp³-hybridized carbons (Fsp3) is 0.222. The minimum absolute atomic E-state index is 0.00544. The molecule has 1 heterocycles. The van der Waals surface area contributed by atoms with Crippen LogP contribution in [-0.2, 0) is 0 Å². The number of hydrogen-bond donors (Lipinski definition) is 1. The predicted octanol–water partition coefficient (Wildman–Crippen LogP) is 1.93. The molecule has 2 aromatic rings. The van der Waals surface area contributed by atoms with Crippen LogP contribution in [0.5, 0.6) is 0 Å². The lowest BCUT2D eigenvalue weighted by molar-refractivity contribution is -0.384. The molecule has 0 spiro atoms. The summed E-state index contributed by atoms with van der Waals surface area (Å²) in [6, 6.07) is 6.99. The number of nitrogens with zero attached hydrogens (tertiary/aromatic N) is 3. The van der Waals surface area contributed by atoms with Crippen LogP contribution in [0.3, 0.4) is 0 Å². The summed E-state index contributed by atoms with van der Waals surface area (Å²) in [6.07, 6.45) is 0. The Kier molecular flexibility index (Phi) is 5.21. The van der Waals surface area contributed by atoms with E-state index in [0.717, 1.165) is 18.2 Å². The maximum Gasteiger partial charge on any atom is 0.270 e. The quantitative estimate of drug-likeness (QED) is 0.634. The molecule has 2 aromatic carbocycles. The second-order valence-corrected chi connectivity index (χ2v) is 6.20. The van der Waals surface area contributed by atoms with Gasteiger partial charge in [0.25, 0.3) is 17.5 Å². The minimum Gasteiger partial charge on any atom is -0.367 e. The molecule has 1 aliphatic rings. The van der Waals surface area contributed by atoms with E-state index in [1.54, 1.807) is 4.90 Å². The molecular formula is C18H16F2N4O4. The van der Waals surface area contributed by atoms with Crippen molar-refractivity contribution in [2.24, 2.45) is 5.73 Å². The van der Waals surface area contributed by atoms with E-state index in [4.69, 9.17) is 5.73 Å². The molecule has 10 heteroatoms. The molecule has 3 rings (SSSR count). The van der Waals surface area contributed by atoms with Gasteiger partial charge in [-0.2, -0.15) is 0 Å². The van der Waals surface area contributed by atoms with Gasteiger partial charge in [0.15, 0.2) is 0 Å². The van der Waals surface area contributed by atoms with Crippen LogP contribution in [0.1, 0.15) is 20.7 Å². The Morgan fingerprint density at radius 3 is 2.18 bits per heavy atom. The lowest BCUT2D eigenvalue weighted by atomic mass is 10.1. The van der Waals surface area contributed by atoms with Gasteiger partial charge in [-0.15, -0.1) is 0 Å². The van der Waals surface area contributed by atoms with Gasteiger partial charge in [0.05, 0.1) is 16.2 Å². The number of non-ortho nitro benzene ring substituents is 1. The summed E-state index contributed by atoms with van der Waals surface area (Å²) < 4.78 is 27.7. The first-order valence-corrected chi connectivity index (χ1v) is 8.36. The highest BCUT2D eigenvalue weighted by Gasteiger charge is 2.28. The summed E-state index contributed by atoms with van der Waals surface area (Å²) in [5.74, 6) is -3.43. The second kappa shape index (κ2) is 7.59. The van der Waals surface area contributed by atoms with E-state index in [9.17, 15) is 28.5 Å². The average Bonchev–Trinajstić information content (AvgIpc) is 2.67. The van der Waals surface area contributed by atoms with Crippen molar-refractivity contribution in [3.8, 4) is 0 Å². The van der Waals surface area contributed by atoms with E-state index in [2.05, 4.69) is 0 Å². The number of anilines is 1. The zero-order valence-corrected chi connectivity index (χ0v) is 14.6. The number of piperazine rings is 1. The smallest absolute Gasteiger partial charge is 0.270 e. The number of nitrogens with two attached hydrogens (primary N) is 1. The third kappa shape index (κ3) is 3.61. The zero-order chi connectivity index (χ0) is 20.4. The Morgan fingerprint density at radius 2 is 1.64 bits per heavy atom. The fourth-order valence-corrected chi connectivity index (χ4v) is 3.12. The molecule has 0 unspecified atom stereocenters. The minimum atomic E-state index is -0.932. The van der Waals surface area contributed by atoms with Crippen LogP contribution in [0, 0.1) is 21.7 Å². The van der Waals surface area contributed by atoms with Crippen molar-refractivity contribution in [1.82, 2.24) is 4.90 Å². The molecule has 2 amide bonds. The largest absolute Gasteiger partial charge is 0.367 e. The number of amides is 2. The number of halogens is 2. The van der Waals surface area contributed by atoms with Crippen molar-refractivity contribution >= 4 is 23.2 Å². The summed E-state index contributed by atoms with van der Waals surface area (Å²) in [7, 11) is 0. The first-order valence-electron chi connectivity index (χ1n) is 8.36. The second-order valence-electron chi connectivity index (χ2n) is 6.20. The summed E-state index contributed by atoms with van der Waals surface area (Å²) in [5, 5.41) is 10.9. The summed E-state index contributed by atoms with van der Waals surface area (Å²) in [5.41, 5.74) is 4.87. The lowest BCUT2D eigenvalue weighted by Crippen LogP contribution is -2.49. The van der Waals surface area contributed by atoms with E-state index < -0.39 is 33.9 Å². The van der Waals surface area contributed by atoms with Crippen molar-refractivity contribution < 1.29 is 23.3 Å². The number of rotatable bonds is 4. The summed E-state index contributed by atoms with van der Waals surface area (Å²) >= 11 is 0. The van der Waals surface area contributed by atoms with Crippen molar-refractivity contribution in [1.29, 1.82) is 0 Å². The standard InChI is InChI=1S/C18H16F2N4O4/c19-13-2-1-3-14(20)16(13)18(26)23-8-6-22(7-9-23)15-5-4-11(24(27)28)10-12(15)17(21)25/h1-5,10H,6-9H2,(H2,21,25). The summed E-state index contributed by atoms with van der Waals surface area (Å²) in [6.45, 7) is 0.837. The van der Waals surface area contributed by atoms with Crippen LogP contribution in [0.25, 0.3) is 0 Å². The number of primary amides is 1. The zero-order valence-electron chi connectivity index (χ0n) is 14.6. The lowest BCUT2D eigenvalue weighted by Gasteiger charge is -2.36. The van der Waals surface area contributed by atoms with Crippen molar-refractivity contribution in [2.75, 3.05) is 31.1 Å². The number of nitro benzene ring substituents is 1. The van der Waals surface area contributed by atoms with E-state index in [-0.39, 0.29) is 37.4 Å². The van der Waals surface area contributed by atoms with Gasteiger partial charge in [-0.25, -0.2) is 8.78 Å². The third-order valence-corrected chi connectivity index (χ3v) is 4.54. The number of benzene rings is 2. The first kappa shape index (κ1) is 19.2. The molecule has 1 aliphatic heterocycles. The van der Waals surface area contributed by atoms with Gasteiger partial charge >= 0.3 is 0 Å². The average molecular weight is 390 g/mol. The van der Waals surface area contributed by atoms with Gasteiger partial charge in [0, 0.05) is 38.3 Å². The van der Waals surface area contributed by atoms with Gasteiger partial charge in [-0.1, -0.05) is 6.07 Å². The molecule has 0 saturated carbocycles. The molecule has 2 N–H and O–H groups in total. The van der Waals surface area contributed by atoms with Crippen LogP contribution in [0.15, 0.2) is 36.4 Å². The van der Waals surface area contributed by atoms with Gasteiger partial charge in [-0.3, -0.25) is 19.7 Å². The van der Waals surface area contributed by atoms with Gasteiger partial charge < -0.3 is 15.5 Å². The predicted molar refractivity (Wildman–Crippen MR) is 96.1 cm³/mol. The van der Waals surface area contributed by atoms with Gasteiger partial charge in [-0.05, 0) is 18.2 Å². The molecule has 0 aliphatic carbocycles. The van der Waals surface area contributed by atoms with E-state index in [0.29, 0.717) is 5.69 Å². The molecular weight excluding hydrogens is 374 g/mol. The molecule has 0 bridgehead atoms. The van der Waals surface area contributed by atoms with Crippen LogP contribution >= 0.6 is 0 Å². The maximum absolute atomic E-state index is 13.8. The van der Waals surface area contributed by atoms with Crippen molar-refractivity contribution in [3.05, 3.63) is 69.3 Å². The fourth-order valence-electron chi connectivity index (χ4n) is 3.12. The highest BCUT2D eigenvalue weighted by molar-refractivity contribution is 5.99. The molecule has 0 atom stereocenters. The Hall–Kier alpha value is -3.56. The molecule has 146 valence electrons. The maximum atomic E-state index is 13.8. The van der Waals surface area contributed by atoms with Crippen LogP contribution < -0.4 is 10.6 Å². The molecule has 28 heavy (non-hydrogen) atoms. The number of carbonyl (C=O) groups excluding carboxylic acids is 2. The summed E-state index contributed by atoms with van der Waals surface area (Å²) in [4.78, 5) is 37.5. The van der Waals surface area contributed by atoms with Gasteiger partial charge in [0.2, 0.25) is 0 Å². The molecule has 8 nitrogen and oxygen atoms in total. The Morgan fingerprint density at radius 1 is 1.04 bits per heavy atom. The number of carbonyl (C=O) groups is 2. The Bertz CT molecular complexity index is 938. The third-order valence-electron chi connectivity index (χ3n) is 4.54. The van der Waals surface area contributed by atoms with Crippen molar-refractivity contribution in [3.63, 3.8) is 0 Å². The SMILES string of the molecule is NC(=O)c1cc([N+](=O)[O-])ccc1N1CCN(C(=O)c2c(F)cccc2F)CC1. The topological polar surface area (TPSA) is 110 Å². The molecule has 0 aromatic heterocycles. The van der Waals surface area contributed by atoms with E-state index in [1.807, 2.05) is 0 Å². The van der Waals surface area contributed by atoms with E-state index >= 15 is 0 Å². The van der Waals surface area contributed by atoms with Crippen LogP contribution in [0.4, 0.5) is 20.2 Å². The van der Waals surface area contributed by atoms with Crippen LogP contribution in [-0.4, -0.2) is 47.8 Å². The number of hydrogen-bond acceptors (Lipinski definition) is 5. The van der Waals surface area contributed by atoms with Crippen molar-refractivity contribution in [2.45, 2.75) is 0 Å². The monoisotopic (exact) mass is 390 g/mol. The highest BCUT2D eigenvalue weighted by Crippen LogP contribution is 2.27. The Balaban J connectivity index is 1.78. The number of nitro groups is 1. The van der Waals surface area contributed by atoms with Gasteiger partial charge in [0.1, 0.15) is 17.2 Å². The Labute approximate surface area is 158 Å². The normalized spacial score (nSPS) is 14.1. The molecule has 1 fully saturated rings. The molecule has 1 saturated heterocycles. The van der Waals surface area contributed by atoms with E-state index in [1.165, 1.54) is 23.1 Å². The highest BCUT2D eigenvalue weighted by atomic mass is 19.1. The van der Waals surface area contributed by atoms with Crippen LogP contribution in [0.2, 0.25) is 0 Å². The molecule has 0 radical (unpaired) electrons.